The Morgan fingerprint density at radius 1 is 1.25 bits per heavy atom. The Labute approximate surface area is 169 Å². The van der Waals surface area contributed by atoms with Crippen LogP contribution in [0.5, 0.6) is 0 Å². The lowest BCUT2D eigenvalue weighted by molar-refractivity contribution is 0.180. The first-order valence-electron chi connectivity index (χ1n) is 10.5. The van der Waals surface area contributed by atoms with E-state index in [0.29, 0.717) is 13.1 Å². The molecule has 5 nitrogen and oxygen atoms in total. The highest BCUT2D eigenvalue weighted by atomic mass is 16.2. The Balaban J connectivity index is 1.71. The first-order valence-corrected chi connectivity index (χ1v) is 10.5. The highest BCUT2D eigenvalue weighted by Crippen LogP contribution is 2.45. The van der Waals surface area contributed by atoms with Gasteiger partial charge in [0.05, 0.1) is 17.0 Å². The van der Waals surface area contributed by atoms with Gasteiger partial charge in [0.2, 0.25) is 0 Å². The number of nitriles is 1. The van der Waals surface area contributed by atoms with Crippen LogP contribution in [-0.4, -0.2) is 36.1 Å². The summed E-state index contributed by atoms with van der Waals surface area (Å²) in [6.45, 7) is 11.4. The zero-order valence-corrected chi connectivity index (χ0v) is 17.8. The van der Waals surface area contributed by atoms with Gasteiger partial charge in [0.1, 0.15) is 0 Å². The summed E-state index contributed by atoms with van der Waals surface area (Å²) in [6, 6.07) is 11.1. The minimum Gasteiger partial charge on any atom is -0.331 e. The molecule has 1 aromatic rings. The molecule has 1 spiro atoms. The van der Waals surface area contributed by atoms with Crippen molar-refractivity contribution in [3.63, 3.8) is 0 Å². The predicted octanol–water partition coefficient (Wildman–Crippen LogP) is 3.94. The summed E-state index contributed by atoms with van der Waals surface area (Å²) in [4.78, 5) is 14.4. The summed E-state index contributed by atoms with van der Waals surface area (Å²) in [5.41, 5.74) is 2.31. The molecule has 1 heterocycles. The van der Waals surface area contributed by atoms with Gasteiger partial charge in [0.15, 0.2) is 0 Å². The van der Waals surface area contributed by atoms with Crippen LogP contribution in [0.15, 0.2) is 24.3 Å². The van der Waals surface area contributed by atoms with Crippen LogP contribution >= 0.6 is 0 Å². The molecule has 1 aromatic carbocycles. The Hall–Kier alpha value is -2.06. The van der Waals surface area contributed by atoms with Gasteiger partial charge in [0, 0.05) is 19.6 Å². The number of amides is 2. The van der Waals surface area contributed by atoms with E-state index < -0.39 is 5.41 Å². The molecule has 152 valence electrons. The maximum Gasteiger partial charge on any atom is 0.318 e. The van der Waals surface area contributed by atoms with E-state index in [0.717, 1.165) is 38.8 Å². The molecule has 2 amide bonds. The number of benzene rings is 1. The van der Waals surface area contributed by atoms with Crippen LogP contribution < -0.4 is 10.6 Å². The largest absolute Gasteiger partial charge is 0.331 e. The van der Waals surface area contributed by atoms with Crippen molar-refractivity contribution >= 4 is 6.03 Å². The number of hydrogen-bond donors (Lipinski definition) is 2. The summed E-state index contributed by atoms with van der Waals surface area (Å²) in [7, 11) is 0. The molecular weight excluding hydrogens is 348 g/mol. The van der Waals surface area contributed by atoms with Gasteiger partial charge in [-0.05, 0) is 62.6 Å². The van der Waals surface area contributed by atoms with Gasteiger partial charge in [-0.25, -0.2) is 4.79 Å². The van der Waals surface area contributed by atoms with Crippen molar-refractivity contribution in [3.05, 3.63) is 35.4 Å². The molecule has 3 rings (SSSR count). The zero-order chi connectivity index (χ0) is 20.4. The molecule has 0 bridgehead atoms. The van der Waals surface area contributed by atoms with Gasteiger partial charge < -0.3 is 15.5 Å². The maximum atomic E-state index is 12.5. The summed E-state index contributed by atoms with van der Waals surface area (Å²) >= 11 is 0. The molecule has 2 aliphatic rings. The van der Waals surface area contributed by atoms with E-state index in [2.05, 4.69) is 54.8 Å². The van der Waals surface area contributed by atoms with Crippen LogP contribution in [0.4, 0.5) is 4.79 Å². The van der Waals surface area contributed by atoms with E-state index in [1.807, 2.05) is 18.7 Å². The van der Waals surface area contributed by atoms with E-state index >= 15 is 0 Å². The Morgan fingerprint density at radius 2 is 1.93 bits per heavy atom. The molecule has 28 heavy (non-hydrogen) atoms. The second-order valence-corrected chi connectivity index (χ2v) is 9.56. The third-order valence-corrected chi connectivity index (χ3v) is 6.59. The lowest BCUT2D eigenvalue weighted by Crippen LogP contribution is -2.49. The smallest absolute Gasteiger partial charge is 0.318 e. The third-order valence-electron chi connectivity index (χ3n) is 6.59. The fourth-order valence-electron chi connectivity index (χ4n) is 4.78. The molecule has 2 fully saturated rings. The molecule has 5 heteroatoms. The van der Waals surface area contributed by atoms with Gasteiger partial charge in [-0.15, -0.1) is 0 Å². The monoisotopic (exact) mass is 382 g/mol. The van der Waals surface area contributed by atoms with Crippen molar-refractivity contribution in [1.29, 1.82) is 5.26 Å². The van der Waals surface area contributed by atoms with Crippen LogP contribution in [-0.2, 0) is 12.0 Å². The van der Waals surface area contributed by atoms with E-state index in [4.69, 9.17) is 0 Å². The van der Waals surface area contributed by atoms with Crippen molar-refractivity contribution in [1.82, 2.24) is 15.5 Å². The topological polar surface area (TPSA) is 68.2 Å². The number of hydrogen-bond acceptors (Lipinski definition) is 3. The van der Waals surface area contributed by atoms with Crippen molar-refractivity contribution in [2.75, 3.05) is 19.6 Å². The number of rotatable bonds is 6. The van der Waals surface area contributed by atoms with Crippen molar-refractivity contribution in [2.45, 2.75) is 70.9 Å². The van der Waals surface area contributed by atoms with Crippen molar-refractivity contribution < 1.29 is 4.79 Å². The fourth-order valence-corrected chi connectivity index (χ4v) is 4.78. The van der Waals surface area contributed by atoms with Gasteiger partial charge in [-0.1, -0.05) is 38.1 Å². The number of carbonyl (C=O) groups is 1. The highest BCUT2D eigenvalue weighted by molar-refractivity contribution is 5.78. The Bertz CT molecular complexity index is 756. The molecule has 1 saturated heterocycles. The van der Waals surface area contributed by atoms with Gasteiger partial charge in [0.25, 0.3) is 0 Å². The van der Waals surface area contributed by atoms with Crippen LogP contribution in [0.2, 0.25) is 0 Å². The quantitative estimate of drug-likeness (QED) is 0.783. The van der Waals surface area contributed by atoms with Crippen molar-refractivity contribution in [2.24, 2.45) is 5.41 Å². The normalized spacial score (nSPS) is 27.7. The molecular formula is C23H34N4O. The third kappa shape index (κ3) is 4.17. The maximum absolute atomic E-state index is 12.5. The zero-order valence-electron chi connectivity index (χ0n) is 17.8. The van der Waals surface area contributed by atoms with Crippen LogP contribution in [0.1, 0.15) is 64.5 Å². The molecule has 1 saturated carbocycles. The average molecular weight is 383 g/mol. The predicted molar refractivity (Wildman–Crippen MR) is 112 cm³/mol. The van der Waals surface area contributed by atoms with Crippen molar-refractivity contribution in [3.8, 4) is 6.07 Å². The lowest BCUT2D eigenvalue weighted by atomic mass is 9.64. The second-order valence-electron chi connectivity index (χ2n) is 9.56. The van der Waals surface area contributed by atoms with E-state index in [-0.39, 0.29) is 17.0 Å². The number of nitrogens with one attached hydrogen (secondary N) is 2. The Morgan fingerprint density at radius 3 is 2.57 bits per heavy atom. The molecule has 1 aliphatic heterocycles. The van der Waals surface area contributed by atoms with Crippen LogP contribution in [0, 0.1) is 16.7 Å². The highest BCUT2D eigenvalue weighted by Gasteiger charge is 2.48. The summed E-state index contributed by atoms with van der Waals surface area (Å²) in [6.07, 6.45) is 4.08. The first kappa shape index (κ1) is 20.7. The van der Waals surface area contributed by atoms with Gasteiger partial charge >= 0.3 is 6.03 Å². The van der Waals surface area contributed by atoms with Crippen LogP contribution in [0.3, 0.4) is 0 Å². The molecule has 2 N–H and O–H groups in total. The lowest BCUT2D eigenvalue weighted by Gasteiger charge is -2.44. The fraction of sp³-hybridized carbons (Fsp3) is 0.652. The number of nitrogens with zero attached hydrogens (tertiary/aromatic N) is 2. The Kier molecular flexibility index (Phi) is 5.72. The molecule has 0 aromatic heterocycles. The summed E-state index contributed by atoms with van der Waals surface area (Å²) in [5.74, 6) is 0. The summed E-state index contributed by atoms with van der Waals surface area (Å²) in [5, 5.41) is 16.0. The minimum atomic E-state index is -0.517. The summed E-state index contributed by atoms with van der Waals surface area (Å²) < 4.78 is 0. The van der Waals surface area contributed by atoms with E-state index in [1.165, 1.54) is 11.1 Å². The van der Waals surface area contributed by atoms with Gasteiger partial charge in [-0.2, -0.15) is 5.26 Å². The average Bonchev–Trinajstić information content (AvgIpc) is 2.98. The van der Waals surface area contributed by atoms with Gasteiger partial charge in [-0.3, -0.25) is 0 Å². The first-order chi connectivity index (χ1) is 13.2. The van der Waals surface area contributed by atoms with Crippen LogP contribution in [0.25, 0.3) is 0 Å². The molecule has 0 radical (unpaired) electrons. The second kappa shape index (κ2) is 7.75. The standard InChI is InChI=1S/C23H34N4O/c1-5-25-14-18-8-6-7-9-19(18)22(4)10-12-23(13-11-22)17-27(20(28)26-23)16-21(2,3)15-24/h6-9,25H,5,10-14,16-17H2,1-4H3,(H,26,28)/t22-,23-. The van der Waals surface area contributed by atoms with E-state index in [9.17, 15) is 10.1 Å². The SMILES string of the molecule is CCNCc1ccccc1[C@]1(C)CC[C@@]2(CC1)CN(CC(C)(C)C#N)C(=O)N2. The molecule has 1 aliphatic carbocycles. The molecule has 0 atom stereocenters. The minimum absolute atomic E-state index is 0.0144. The van der Waals surface area contributed by atoms with E-state index in [1.54, 1.807) is 0 Å². The number of carbonyl (C=O) groups excluding carboxylic acids is 1. The molecule has 0 unspecified atom stereocenters. The number of urea groups is 1.